The molecule has 0 saturated carbocycles. The Labute approximate surface area is 162 Å². The second-order valence-electron chi connectivity index (χ2n) is 8.08. The number of amides is 2. The Morgan fingerprint density at radius 2 is 1.56 bits per heavy atom. The van der Waals surface area contributed by atoms with Crippen LogP contribution in [0.3, 0.4) is 0 Å². The van der Waals surface area contributed by atoms with Gasteiger partial charge in [-0.3, -0.25) is 9.59 Å². The van der Waals surface area contributed by atoms with Gasteiger partial charge in [0.1, 0.15) is 0 Å². The number of piperazine rings is 1. The van der Waals surface area contributed by atoms with E-state index in [1.165, 1.54) is 5.69 Å². The fraction of sp³-hybridized carbons (Fsp3) is 0.619. The average molecular weight is 373 g/mol. The van der Waals surface area contributed by atoms with Crippen LogP contribution in [-0.2, 0) is 9.59 Å². The van der Waals surface area contributed by atoms with Crippen molar-refractivity contribution in [3.8, 4) is 0 Å². The van der Waals surface area contributed by atoms with E-state index in [9.17, 15) is 9.59 Å². The predicted molar refractivity (Wildman–Crippen MR) is 109 cm³/mol. The molecule has 27 heavy (non-hydrogen) atoms. The molecule has 0 atom stereocenters. The number of anilines is 2. The predicted octanol–water partition coefficient (Wildman–Crippen LogP) is 2.27. The van der Waals surface area contributed by atoms with Crippen LogP contribution in [0.5, 0.6) is 0 Å². The first-order chi connectivity index (χ1) is 12.9. The van der Waals surface area contributed by atoms with Gasteiger partial charge in [-0.05, 0) is 44.2 Å². The highest BCUT2D eigenvalue weighted by Gasteiger charge is 2.28. The third-order valence-corrected chi connectivity index (χ3v) is 5.67. The van der Waals surface area contributed by atoms with Crippen LogP contribution < -0.4 is 10.2 Å². The number of nitrogens with one attached hydrogen (secondary N) is 1. The van der Waals surface area contributed by atoms with Gasteiger partial charge in [-0.2, -0.15) is 0 Å². The minimum atomic E-state index is -0.0153. The Bertz CT molecular complexity index is 643. The molecule has 0 spiro atoms. The average Bonchev–Trinajstić information content (AvgIpc) is 2.68. The number of piperidine rings is 1. The fourth-order valence-electron chi connectivity index (χ4n) is 3.79. The van der Waals surface area contributed by atoms with Gasteiger partial charge in [-0.15, -0.1) is 0 Å². The zero-order valence-corrected chi connectivity index (χ0v) is 16.8. The molecule has 2 aliphatic rings. The monoisotopic (exact) mass is 372 g/mol. The molecule has 6 nitrogen and oxygen atoms in total. The van der Waals surface area contributed by atoms with Gasteiger partial charge in [0.15, 0.2) is 0 Å². The summed E-state index contributed by atoms with van der Waals surface area (Å²) in [5, 5.41) is 3.05. The van der Waals surface area contributed by atoms with E-state index in [1.807, 2.05) is 30.9 Å². The van der Waals surface area contributed by atoms with Crippen LogP contribution in [0.1, 0.15) is 26.7 Å². The van der Waals surface area contributed by atoms with Crippen molar-refractivity contribution >= 4 is 23.2 Å². The van der Waals surface area contributed by atoms with Gasteiger partial charge in [-0.1, -0.05) is 13.8 Å². The van der Waals surface area contributed by atoms with Gasteiger partial charge < -0.3 is 20.0 Å². The van der Waals surface area contributed by atoms with Gasteiger partial charge in [0, 0.05) is 62.5 Å². The summed E-state index contributed by atoms with van der Waals surface area (Å²) in [6.07, 6.45) is 1.48. The van der Waals surface area contributed by atoms with E-state index in [2.05, 4.69) is 34.3 Å². The van der Waals surface area contributed by atoms with Crippen molar-refractivity contribution in [2.45, 2.75) is 26.7 Å². The van der Waals surface area contributed by atoms with Crippen molar-refractivity contribution in [3.63, 3.8) is 0 Å². The lowest BCUT2D eigenvalue weighted by atomic mass is 9.95. The topological polar surface area (TPSA) is 55.9 Å². The molecular weight excluding hydrogens is 340 g/mol. The Morgan fingerprint density at radius 3 is 2.11 bits per heavy atom. The first-order valence-electron chi connectivity index (χ1n) is 10.1. The lowest BCUT2D eigenvalue weighted by Gasteiger charge is -2.34. The zero-order valence-electron chi connectivity index (χ0n) is 16.8. The van der Waals surface area contributed by atoms with Crippen LogP contribution in [0, 0.1) is 11.8 Å². The third kappa shape index (κ3) is 5.01. The molecule has 3 rings (SSSR count). The maximum atomic E-state index is 12.6. The summed E-state index contributed by atoms with van der Waals surface area (Å²) in [6, 6.07) is 8.15. The van der Waals surface area contributed by atoms with Crippen molar-refractivity contribution < 1.29 is 9.59 Å². The van der Waals surface area contributed by atoms with E-state index < -0.39 is 0 Å². The maximum Gasteiger partial charge on any atom is 0.227 e. The minimum absolute atomic E-state index is 0.0153. The number of likely N-dealkylation sites (N-methyl/N-ethyl adjacent to an activating group) is 1. The number of benzene rings is 1. The Kier molecular flexibility index (Phi) is 6.37. The highest BCUT2D eigenvalue weighted by molar-refractivity contribution is 5.93. The molecule has 0 unspecified atom stereocenters. The molecule has 0 radical (unpaired) electrons. The molecule has 1 aromatic rings. The number of nitrogens with zero attached hydrogens (tertiary/aromatic N) is 3. The van der Waals surface area contributed by atoms with Crippen molar-refractivity contribution in [3.05, 3.63) is 24.3 Å². The first kappa shape index (κ1) is 19.7. The number of likely N-dealkylation sites (tertiary alicyclic amines) is 1. The number of hydrogen-bond acceptors (Lipinski definition) is 4. The fourth-order valence-corrected chi connectivity index (χ4v) is 3.79. The van der Waals surface area contributed by atoms with Gasteiger partial charge in [0.25, 0.3) is 0 Å². The number of carbonyl (C=O) groups is 2. The zero-order chi connectivity index (χ0) is 19.4. The van der Waals surface area contributed by atoms with E-state index in [4.69, 9.17) is 0 Å². The van der Waals surface area contributed by atoms with Crippen LogP contribution in [0.15, 0.2) is 24.3 Å². The summed E-state index contributed by atoms with van der Waals surface area (Å²) in [5.74, 6) is 0.264. The summed E-state index contributed by atoms with van der Waals surface area (Å²) in [6.45, 7) is 9.44. The molecule has 0 bridgehead atoms. The van der Waals surface area contributed by atoms with Crippen molar-refractivity contribution in [2.24, 2.45) is 11.8 Å². The largest absolute Gasteiger partial charge is 0.369 e. The number of rotatable bonds is 4. The van der Waals surface area contributed by atoms with Crippen LogP contribution in [0.25, 0.3) is 0 Å². The quantitative estimate of drug-likeness (QED) is 0.881. The highest BCUT2D eigenvalue weighted by atomic mass is 16.2. The molecule has 2 amide bonds. The van der Waals surface area contributed by atoms with Gasteiger partial charge in [0.2, 0.25) is 11.8 Å². The van der Waals surface area contributed by atoms with Crippen LogP contribution >= 0.6 is 0 Å². The Morgan fingerprint density at radius 1 is 0.963 bits per heavy atom. The standard InChI is InChI=1S/C21H32N4O2/c1-16(2)21(27)25-10-8-17(9-11-25)20(26)22-18-4-6-19(7-5-18)24-14-12-23(3)13-15-24/h4-7,16-17H,8-15H2,1-3H3,(H,22,26). The molecule has 0 aromatic heterocycles. The van der Waals surface area contributed by atoms with E-state index in [0.29, 0.717) is 13.1 Å². The highest BCUT2D eigenvalue weighted by Crippen LogP contribution is 2.23. The number of carbonyl (C=O) groups excluding carboxylic acids is 2. The van der Waals surface area contributed by atoms with Crippen molar-refractivity contribution in [1.82, 2.24) is 9.80 Å². The summed E-state index contributed by atoms with van der Waals surface area (Å²) in [4.78, 5) is 31.2. The summed E-state index contributed by atoms with van der Waals surface area (Å²) >= 11 is 0. The molecular formula is C21H32N4O2. The molecule has 1 N–H and O–H groups in total. The molecule has 2 saturated heterocycles. The molecule has 0 aliphatic carbocycles. The molecule has 1 aromatic carbocycles. The third-order valence-electron chi connectivity index (χ3n) is 5.67. The van der Waals surface area contributed by atoms with E-state index in [-0.39, 0.29) is 23.7 Å². The van der Waals surface area contributed by atoms with Crippen LogP contribution in [0.4, 0.5) is 11.4 Å². The normalized spacial score (nSPS) is 19.4. The lowest BCUT2D eigenvalue weighted by molar-refractivity contribution is -0.137. The first-order valence-corrected chi connectivity index (χ1v) is 10.1. The summed E-state index contributed by atoms with van der Waals surface area (Å²) in [5.41, 5.74) is 2.06. The second-order valence-corrected chi connectivity index (χ2v) is 8.08. The second kappa shape index (κ2) is 8.74. The van der Waals surface area contributed by atoms with E-state index >= 15 is 0 Å². The van der Waals surface area contributed by atoms with Crippen LogP contribution in [-0.4, -0.2) is 67.9 Å². The molecule has 2 heterocycles. The van der Waals surface area contributed by atoms with Crippen molar-refractivity contribution in [1.29, 1.82) is 0 Å². The van der Waals surface area contributed by atoms with Crippen molar-refractivity contribution in [2.75, 3.05) is 56.5 Å². The summed E-state index contributed by atoms with van der Waals surface area (Å²) in [7, 11) is 2.15. The maximum absolute atomic E-state index is 12.6. The van der Waals surface area contributed by atoms with E-state index in [0.717, 1.165) is 44.7 Å². The smallest absolute Gasteiger partial charge is 0.227 e. The van der Waals surface area contributed by atoms with Gasteiger partial charge in [-0.25, -0.2) is 0 Å². The Hall–Kier alpha value is -2.08. The molecule has 2 aliphatic heterocycles. The lowest BCUT2D eigenvalue weighted by Crippen LogP contribution is -2.44. The summed E-state index contributed by atoms with van der Waals surface area (Å²) < 4.78 is 0. The molecule has 2 fully saturated rings. The van der Waals surface area contributed by atoms with Gasteiger partial charge >= 0.3 is 0 Å². The van der Waals surface area contributed by atoms with E-state index in [1.54, 1.807) is 0 Å². The minimum Gasteiger partial charge on any atom is -0.369 e. The SMILES string of the molecule is CC(C)C(=O)N1CCC(C(=O)Nc2ccc(N3CCN(C)CC3)cc2)CC1. The number of hydrogen-bond donors (Lipinski definition) is 1. The Balaban J connectivity index is 1.49. The molecule has 6 heteroatoms. The molecule has 148 valence electrons. The van der Waals surface area contributed by atoms with Crippen LogP contribution in [0.2, 0.25) is 0 Å². The van der Waals surface area contributed by atoms with Gasteiger partial charge in [0.05, 0.1) is 0 Å².